The van der Waals surface area contributed by atoms with Crippen molar-refractivity contribution in [2.45, 2.75) is 11.0 Å². The van der Waals surface area contributed by atoms with E-state index in [4.69, 9.17) is 9.47 Å². The highest BCUT2D eigenvalue weighted by molar-refractivity contribution is 8.00. The fourth-order valence-electron chi connectivity index (χ4n) is 3.79. The molecule has 1 fully saturated rings. The van der Waals surface area contributed by atoms with Gasteiger partial charge < -0.3 is 20.1 Å². The van der Waals surface area contributed by atoms with E-state index in [9.17, 15) is 14.4 Å². The summed E-state index contributed by atoms with van der Waals surface area (Å²) in [5.41, 5.74) is 3.33. The normalized spacial score (nSPS) is 17.3. The van der Waals surface area contributed by atoms with Crippen LogP contribution < -0.4 is 20.3 Å². The molecule has 0 bridgehead atoms. The maximum absolute atomic E-state index is 12.4. The van der Waals surface area contributed by atoms with E-state index in [0.29, 0.717) is 34.0 Å². The number of nitrogens with one attached hydrogen (secondary N) is 2. The number of amides is 3. The number of anilines is 2. The molecule has 11 heteroatoms. The van der Waals surface area contributed by atoms with E-state index in [1.54, 1.807) is 36.5 Å². The molecule has 178 valence electrons. The minimum atomic E-state index is -0.507. The summed E-state index contributed by atoms with van der Waals surface area (Å²) >= 11 is 1.45. The molecular formula is C24H21N5O5S. The van der Waals surface area contributed by atoms with Gasteiger partial charge in [0, 0.05) is 34.5 Å². The SMILES string of the molecule is COc1ccc2nccc(C=CC(=O)NC[C@@H]3CN(c4ccc5c(c4)NC(=O)CS5)C(=O)O3)c2n1. The Kier molecular flexibility index (Phi) is 6.23. The number of aromatic nitrogens is 2. The van der Waals surface area contributed by atoms with Crippen molar-refractivity contribution in [1.82, 2.24) is 15.3 Å². The van der Waals surface area contributed by atoms with E-state index in [-0.39, 0.29) is 24.9 Å². The van der Waals surface area contributed by atoms with Gasteiger partial charge in [-0.2, -0.15) is 0 Å². The Balaban J connectivity index is 1.20. The minimum Gasteiger partial charge on any atom is -0.481 e. The first-order chi connectivity index (χ1) is 17.0. The average molecular weight is 492 g/mol. The number of cyclic esters (lactones) is 1. The summed E-state index contributed by atoms with van der Waals surface area (Å²) in [7, 11) is 1.53. The van der Waals surface area contributed by atoms with Gasteiger partial charge in [0.15, 0.2) is 0 Å². The number of carbonyl (C=O) groups is 3. The van der Waals surface area contributed by atoms with Crippen LogP contribution in [0.2, 0.25) is 0 Å². The smallest absolute Gasteiger partial charge is 0.414 e. The van der Waals surface area contributed by atoms with Gasteiger partial charge in [-0.1, -0.05) is 0 Å². The van der Waals surface area contributed by atoms with Crippen molar-refractivity contribution in [3.8, 4) is 5.88 Å². The highest BCUT2D eigenvalue weighted by atomic mass is 32.2. The van der Waals surface area contributed by atoms with Gasteiger partial charge in [0.1, 0.15) is 6.10 Å². The molecule has 5 rings (SSSR count). The molecule has 35 heavy (non-hydrogen) atoms. The molecule has 10 nitrogen and oxygen atoms in total. The molecule has 0 radical (unpaired) electrons. The Hall–Kier alpha value is -4.12. The Morgan fingerprint density at radius 2 is 2.20 bits per heavy atom. The summed E-state index contributed by atoms with van der Waals surface area (Å²) < 4.78 is 10.6. The highest BCUT2D eigenvalue weighted by Gasteiger charge is 2.33. The van der Waals surface area contributed by atoms with E-state index >= 15 is 0 Å². The molecule has 1 atom stereocenters. The number of nitrogens with zero attached hydrogens (tertiary/aromatic N) is 3. The topological polar surface area (TPSA) is 123 Å². The van der Waals surface area contributed by atoms with Crippen LogP contribution >= 0.6 is 11.8 Å². The molecule has 4 heterocycles. The maximum Gasteiger partial charge on any atom is 0.414 e. The van der Waals surface area contributed by atoms with Gasteiger partial charge in [0.25, 0.3) is 0 Å². The number of hydrogen-bond acceptors (Lipinski definition) is 8. The van der Waals surface area contributed by atoms with Crippen molar-refractivity contribution in [3.63, 3.8) is 0 Å². The van der Waals surface area contributed by atoms with Crippen molar-refractivity contribution in [2.75, 3.05) is 36.2 Å². The first-order valence-electron chi connectivity index (χ1n) is 10.8. The van der Waals surface area contributed by atoms with E-state index in [0.717, 1.165) is 10.5 Å². The fraction of sp³-hybridized carbons (Fsp3) is 0.208. The quantitative estimate of drug-likeness (QED) is 0.505. The van der Waals surface area contributed by atoms with Crippen LogP contribution in [0.25, 0.3) is 17.1 Å². The lowest BCUT2D eigenvalue weighted by molar-refractivity contribution is -0.117. The number of thioether (sulfide) groups is 1. The van der Waals surface area contributed by atoms with Crippen LogP contribution in [0.3, 0.4) is 0 Å². The van der Waals surface area contributed by atoms with Gasteiger partial charge in [-0.05, 0) is 36.4 Å². The monoisotopic (exact) mass is 491 g/mol. The summed E-state index contributed by atoms with van der Waals surface area (Å²) in [6, 6.07) is 10.7. The summed E-state index contributed by atoms with van der Waals surface area (Å²) in [6.07, 6.45) is 3.68. The zero-order chi connectivity index (χ0) is 24.4. The Morgan fingerprint density at radius 3 is 3.06 bits per heavy atom. The Labute approximate surface area is 204 Å². The van der Waals surface area contributed by atoms with Crippen LogP contribution in [0.15, 0.2) is 53.6 Å². The van der Waals surface area contributed by atoms with Crippen LogP contribution in [-0.4, -0.2) is 59.9 Å². The fourth-order valence-corrected chi connectivity index (χ4v) is 4.58. The molecule has 0 spiro atoms. The van der Waals surface area contributed by atoms with E-state index in [2.05, 4.69) is 20.6 Å². The standard InChI is InChI=1S/C24H21N5O5S/c1-33-22-7-4-17-23(28-22)14(8-9-25-17)2-6-20(30)26-11-16-12-29(24(32)34-16)15-3-5-19-18(10-15)27-21(31)13-35-19/h2-10,16H,11-13H2,1H3,(H,26,30)(H,27,31)/t16-/m1/s1. The number of pyridine rings is 2. The lowest BCUT2D eigenvalue weighted by Gasteiger charge is -2.19. The first-order valence-corrected chi connectivity index (χ1v) is 11.8. The van der Waals surface area contributed by atoms with Gasteiger partial charge in [0.05, 0.1) is 42.7 Å². The summed E-state index contributed by atoms with van der Waals surface area (Å²) in [6.45, 7) is 0.438. The lowest BCUT2D eigenvalue weighted by Crippen LogP contribution is -2.33. The van der Waals surface area contributed by atoms with Crippen LogP contribution in [0, 0.1) is 0 Å². The molecule has 1 saturated heterocycles. The van der Waals surface area contributed by atoms with E-state index in [1.165, 1.54) is 29.8 Å². The van der Waals surface area contributed by atoms with E-state index in [1.807, 2.05) is 12.1 Å². The van der Waals surface area contributed by atoms with Crippen LogP contribution in [0.1, 0.15) is 5.56 Å². The third-order valence-electron chi connectivity index (χ3n) is 5.50. The summed E-state index contributed by atoms with van der Waals surface area (Å²) in [5, 5.41) is 5.58. The van der Waals surface area contributed by atoms with Crippen molar-refractivity contribution >= 4 is 58.2 Å². The van der Waals surface area contributed by atoms with Crippen molar-refractivity contribution in [1.29, 1.82) is 0 Å². The number of methoxy groups -OCH3 is 1. The predicted molar refractivity (Wildman–Crippen MR) is 132 cm³/mol. The number of fused-ring (bicyclic) bond motifs is 2. The van der Waals surface area contributed by atoms with Crippen LogP contribution in [0.5, 0.6) is 5.88 Å². The molecule has 2 N–H and O–H groups in total. The molecule has 3 aromatic rings. The van der Waals surface area contributed by atoms with E-state index < -0.39 is 12.2 Å². The molecule has 2 aliphatic rings. The van der Waals surface area contributed by atoms with Gasteiger partial charge in [0.2, 0.25) is 17.7 Å². The molecule has 2 aliphatic heterocycles. The number of carbonyl (C=O) groups excluding carboxylic acids is 3. The Bertz CT molecular complexity index is 1360. The minimum absolute atomic E-state index is 0.0769. The zero-order valence-corrected chi connectivity index (χ0v) is 19.5. The third-order valence-corrected chi connectivity index (χ3v) is 6.57. The van der Waals surface area contributed by atoms with Crippen LogP contribution in [-0.2, 0) is 14.3 Å². The molecule has 0 unspecified atom stereocenters. The second-order valence-corrected chi connectivity index (χ2v) is 8.85. The van der Waals surface area contributed by atoms with Gasteiger partial charge in [-0.25, -0.2) is 9.78 Å². The molecule has 2 aromatic heterocycles. The molecular weight excluding hydrogens is 470 g/mol. The Morgan fingerprint density at radius 1 is 1.31 bits per heavy atom. The highest BCUT2D eigenvalue weighted by Crippen LogP contribution is 2.35. The largest absolute Gasteiger partial charge is 0.481 e. The lowest BCUT2D eigenvalue weighted by atomic mass is 10.2. The van der Waals surface area contributed by atoms with Gasteiger partial charge in [-0.15, -0.1) is 11.8 Å². The van der Waals surface area contributed by atoms with Gasteiger partial charge in [-0.3, -0.25) is 19.5 Å². The van der Waals surface area contributed by atoms with Crippen molar-refractivity contribution < 1.29 is 23.9 Å². The molecule has 0 aliphatic carbocycles. The molecule has 1 aromatic carbocycles. The number of hydrogen-bond donors (Lipinski definition) is 2. The number of benzene rings is 1. The third kappa shape index (κ3) is 4.90. The zero-order valence-electron chi connectivity index (χ0n) is 18.7. The average Bonchev–Trinajstić information content (AvgIpc) is 3.25. The predicted octanol–water partition coefficient (Wildman–Crippen LogP) is 2.84. The number of rotatable bonds is 6. The van der Waals surface area contributed by atoms with Crippen molar-refractivity contribution in [3.05, 3.63) is 54.2 Å². The number of ether oxygens (including phenoxy) is 2. The van der Waals surface area contributed by atoms with Crippen LogP contribution in [0.4, 0.5) is 16.2 Å². The first kappa shape index (κ1) is 22.7. The molecule has 0 saturated carbocycles. The summed E-state index contributed by atoms with van der Waals surface area (Å²) in [5.74, 6) is 0.418. The van der Waals surface area contributed by atoms with Crippen molar-refractivity contribution in [2.24, 2.45) is 0 Å². The van der Waals surface area contributed by atoms with Gasteiger partial charge >= 0.3 is 6.09 Å². The maximum atomic E-state index is 12.4. The molecule has 3 amide bonds. The summed E-state index contributed by atoms with van der Waals surface area (Å²) in [4.78, 5) is 47.6. The second-order valence-electron chi connectivity index (χ2n) is 7.83. The second kappa shape index (κ2) is 9.63.